The SMILES string of the molecule is CC(C)COc1ccc(CNCCCc2ccccc2)cc1. The summed E-state index contributed by atoms with van der Waals surface area (Å²) in [7, 11) is 0. The highest BCUT2D eigenvalue weighted by atomic mass is 16.5. The minimum atomic E-state index is 0.561. The fourth-order valence-corrected chi connectivity index (χ4v) is 2.26. The Morgan fingerprint density at radius 1 is 0.909 bits per heavy atom. The van der Waals surface area contributed by atoms with Gasteiger partial charge < -0.3 is 10.1 Å². The summed E-state index contributed by atoms with van der Waals surface area (Å²) in [4.78, 5) is 0. The molecule has 2 heteroatoms. The van der Waals surface area contributed by atoms with Crippen LogP contribution >= 0.6 is 0 Å². The molecule has 2 nitrogen and oxygen atoms in total. The third kappa shape index (κ3) is 6.31. The summed E-state index contributed by atoms with van der Waals surface area (Å²) < 4.78 is 5.69. The summed E-state index contributed by atoms with van der Waals surface area (Å²) in [5, 5.41) is 3.50. The highest BCUT2D eigenvalue weighted by Crippen LogP contribution is 2.13. The monoisotopic (exact) mass is 297 g/mol. The molecular formula is C20H27NO. The number of rotatable bonds is 9. The van der Waals surface area contributed by atoms with Crippen molar-refractivity contribution in [2.24, 2.45) is 5.92 Å². The van der Waals surface area contributed by atoms with Crippen LogP contribution < -0.4 is 10.1 Å². The zero-order chi connectivity index (χ0) is 15.6. The lowest BCUT2D eigenvalue weighted by Crippen LogP contribution is -2.15. The van der Waals surface area contributed by atoms with E-state index in [9.17, 15) is 0 Å². The van der Waals surface area contributed by atoms with Crippen LogP contribution in [0, 0.1) is 5.92 Å². The van der Waals surface area contributed by atoms with E-state index in [1.165, 1.54) is 17.5 Å². The van der Waals surface area contributed by atoms with Crippen LogP contribution in [0.2, 0.25) is 0 Å². The van der Waals surface area contributed by atoms with Crippen LogP contribution in [0.25, 0.3) is 0 Å². The molecule has 0 fully saturated rings. The molecule has 22 heavy (non-hydrogen) atoms. The van der Waals surface area contributed by atoms with E-state index in [4.69, 9.17) is 4.74 Å². The van der Waals surface area contributed by atoms with Crippen LogP contribution in [-0.2, 0) is 13.0 Å². The van der Waals surface area contributed by atoms with Crippen LogP contribution in [0.3, 0.4) is 0 Å². The normalized spacial score (nSPS) is 10.9. The molecule has 118 valence electrons. The lowest BCUT2D eigenvalue weighted by atomic mass is 10.1. The van der Waals surface area contributed by atoms with Gasteiger partial charge in [0, 0.05) is 6.54 Å². The molecule has 0 amide bonds. The molecule has 2 aromatic carbocycles. The zero-order valence-electron chi connectivity index (χ0n) is 13.7. The molecular weight excluding hydrogens is 270 g/mol. The molecule has 0 bridgehead atoms. The van der Waals surface area contributed by atoms with Crippen molar-refractivity contribution in [2.75, 3.05) is 13.2 Å². The van der Waals surface area contributed by atoms with Gasteiger partial charge in [-0.05, 0) is 48.6 Å². The summed E-state index contributed by atoms with van der Waals surface area (Å²) in [6, 6.07) is 19.0. The Kier molecular flexibility index (Phi) is 6.98. The van der Waals surface area contributed by atoms with Gasteiger partial charge in [0.25, 0.3) is 0 Å². The van der Waals surface area contributed by atoms with Crippen molar-refractivity contribution >= 4 is 0 Å². The average Bonchev–Trinajstić information content (AvgIpc) is 2.54. The third-order valence-electron chi connectivity index (χ3n) is 3.50. The molecule has 0 unspecified atom stereocenters. The molecule has 0 heterocycles. The quantitative estimate of drug-likeness (QED) is 0.691. The minimum Gasteiger partial charge on any atom is -0.493 e. The van der Waals surface area contributed by atoms with Gasteiger partial charge in [-0.1, -0.05) is 56.3 Å². The number of ether oxygens (including phenoxy) is 1. The first-order chi connectivity index (χ1) is 10.7. The van der Waals surface area contributed by atoms with Crippen molar-refractivity contribution in [3.8, 4) is 5.75 Å². The van der Waals surface area contributed by atoms with Crippen molar-refractivity contribution in [1.82, 2.24) is 5.32 Å². The Labute approximate surface area is 134 Å². The maximum Gasteiger partial charge on any atom is 0.119 e. The molecule has 0 aliphatic carbocycles. The summed E-state index contributed by atoms with van der Waals surface area (Å²) in [6.07, 6.45) is 2.30. The Balaban J connectivity index is 1.62. The first-order valence-electron chi connectivity index (χ1n) is 8.20. The van der Waals surface area contributed by atoms with Gasteiger partial charge in [-0.25, -0.2) is 0 Å². The van der Waals surface area contributed by atoms with E-state index in [2.05, 4.69) is 73.8 Å². The van der Waals surface area contributed by atoms with Crippen molar-refractivity contribution in [2.45, 2.75) is 33.2 Å². The molecule has 0 aromatic heterocycles. The summed E-state index contributed by atoms with van der Waals surface area (Å²) in [5.74, 6) is 1.52. The predicted molar refractivity (Wildman–Crippen MR) is 93.2 cm³/mol. The van der Waals surface area contributed by atoms with Gasteiger partial charge in [0.1, 0.15) is 5.75 Å². The number of hydrogen-bond acceptors (Lipinski definition) is 2. The highest BCUT2D eigenvalue weighted by Gasteiger charge is 1.98. The molecule has 0 atom stereocenters. The smallest absolute Gasteiger partial charge is 0.119 e. The first kappa shape index (κ1) is 16.6. The van der Waals surface area contributed by atoms with Gasteiger partial charge in [0.05, 0.1) is 6.61 Å². The molecule has 0 aliphatic rings. The van der Waals surface area contributed by atoms with Crippen LogP contribution in [0.5, 0.6) is 5.75 Å². The van der Waals surface area contributed by atoms with E-state index in [0.29, 0.717) is 5.92 Å². The standard InChI is InChI=1S/C20H27NO/c1-17(2)16-22-20-12-10-19(11-13-20)15-21-14-6-9-18-7-4-3-5-8-18/h3-5,7-8,10-13,17,21H,6,9,14-16H2,1-2H3. The van der Waals surface area contributed by atoms with E-state index in [0.717, 1.165) is 31.9 Å². The van der Waals surface area contributed by atoms with Gasteiger partial charge in [-0.15, -0.1) is 0 Å². The van der Waals surface area contributed by atoms with Crippen molar-refractivity contribution < 1.29 is 4.74 Å². The molecule has 2 rings (SSSR count). The zero-order valence-corrected chi connectivity index (χ0v) is 13.7. The second-order valence-electron chi connectivity index (χ2n) is 6.11. The van der Waals surface area contributed by atoms with Gasteiger partial charge in [-0.2, -0.15) is 0 Å². The topological polar surface area (TPSA) is 21.3 Å². The molecule has 1 N–H and O–H groups in total. The maximum absolute atomic E-state index is 5.69. The number of aryl methyl sites for hydroxylation is 1. The van der Waals surface area contributed by atoms with Gasteiger partial charge in [0.15, 0.2) is 0 Å². The third-order valence-corrected chi connectivity index (χ3v) is 3.50. The Morgan fingerprint density at radius 2 is 1.64 bits per heavy atom. The van der Waals surface area contributed by atoms with Gasteiger partial charge in [-0.3, -0.25) is 0 Å². The second kappa shape index (κ2) is 9.26. The van der Waals surface area contributed by atoms with E-state index in [1.54, 1.807) is 0 Å². The number of hydrogen-bond donors (Lipinski definition) is 1. The van der Waals surface area contributed by atoms with Crippen molar-refractivity contribution in [1.29, 1.82) is 0 Å². The Morgan fingerprint density at radius 3 is 2.32 bits per heavy atom. The van der Waals surface area contributed by atoms with E-state index in [1.807, 2.05) is 0 Å². The fraction of sp³-hybridized carbons (Fsp3) is 0.400. The molecule has 0 aliphatic heterocycles. The lowest BCUT2D eigenvalue weighted by molar-refractivity contribution is 0.271. The van der Waals surface area contributed by atoms with Gasteiger partial charge >= 0.3 is 0 Å². The van der Waals surface area contributed by atoms with Crippen LogP contribution in [0.4, 0.5) is 0 Å². The lowest BCUT2D eigenvalue weighted by Gasteiger charge is -2.09. The maximum atomic E-state index is 5.69. The molecule has 2 aromatic rings. The molecule has 0 saturated carbocycles. The predicted octanol–water partition coefficient (Wildman–Crippen LogP) is 4.44. The molecule has 0 saturated heterocycles. The largest absolute Gasteiger partial charge is 0.493 e. The number of nitrogens with one attached hydrogen (secondary N) is 1. The summed E-state index contributed by atoms with van der Waals surface area (Å²) >= 11 is 0. The summed E-state index contributed by atoms with van der Waals surface area (Å²) in [5.41, 5.74) is 2.72. The second-order valence-corrected chi connectivity index (χ2v) is 6.11. The van der Waals surface area contributed by atoms with E-state index < -0.39 is 0 Å². The van der Waals surface area contributed by atoms with E-state index >= 15 is 0 Å². The van der Waals surface area contributed by atoms with E-state index in [-0.39, 0.29) is 0 Å². The van der Waals surface area contributed by atoms with Crippen LogP contribution in [0.1, 0.15) is 31.4 Å². The summed E-state index contributed by atoms with van der Waals surface area (Å²) in [6.45, 7) is 7.05. The number of benzene rings is 2. The Hall–Kier alpha value is -1.80. The van der Waals surface area contributed by atoms with Crippen LogP contribution in [-0.4, -0.2) is 13.2 Å². The molecule has 0 spiro atoms. The van der Waals surface area contributed by atoms with Crippen molar-refractivity contribution in [3.05, 3.63) is 65.7 Å². The van der Waals surface area contributed by atoms with Crippen molar-refractivity contribution in [3.63, 3.8) is 0 Å². The fourth-order valence-electron chi connectivity index (χ4n) is 2.26. The van der Waals surface area contributed by atoms with Gasteiger partial charge in [0.2, 0.25) is 0 Å². The Bertz CT molecular complexity index is 519. The molecule has 0 radical (unpaired) electrons. The first-order valence-corrected chi connectivity index (χ1v) is 8.20. The average molecular weight is 297 g/mol. The highest BCUT2D eigenvalue weighted by molar-refractivity contribution is 5.27. The van der Waals surface area contributed by atoms with Crippen LogP contribution in [0.15, 0.2) is 54.6 Å². The minimum absolute atomic E-state index is 0.561.